The average molecular weight is 429 g/mol. The Labute approximate surface area is 178 Å². The number of amides is 3. The van der Waals surface area contributed by atoms with Crippen LogP contribution in [0.2, 0.25) is 0 Å². The van der Waals surface area contributed by atoms with E-state index in [2.05, 4.69) is 27.7 Å². The minimum Gasteiger partial charge on any atom is -0.372 e. The molecular weight excluding hydrogens is 405 g/mol. The van der Waals surface area contributed by atoms with Gasteiger partial charge in [0.25, 0.3) is 0 Å². The number of rotatable bonds is 1. The highest BCUT2D eigenvalue weighted by Crippen LogP contribution is 2.51. The Morgan fingerprint density at radius 2 is 2.10 bits per heavy atom. The number of imide groups is 1. The van der Waals surface area contributed by atoms with Gasteiger partial charge in [-0.15, -0.1) is 0 Å². The number of carbonyl (C=O) groups is 2. The lowest BCUT2D eigenvalue weighted by Crippen LogP contribution is -2.75. The molecule has 1 aromatic carbocycles. The van der Waals surface area contributed by atoms with Crippen LogP contribution < -0.4 is 15.5 Å². The maximum atomic E-state index is 15.5. The van der Waals surface area contributed by atoms with E-state index < -0.39 is 35.4 Å². The summed E-state index contributed by atoms with van der Waals surface area (Å²) in [6.07, 6.45) is -0.505. The molecule has 31 heavy (non-hydrogen) atoms. The number of urea groups is 1. The van der Waals surface area contributed by atoms with Crippen molar-refractivity contribution in [3.05, 3.63) is 29.4 Å². The van der Waals surface area contributed by atoms with Crippen molar-refractivity contribution in [2.45, 2.75) is 45.9 Å². The Bertz CT molecular complexity index is 1090. The minimum absolute atomic E-state index is 0.00812. The number of hydrogen-bond donors (Lipinski definition) is 3. The quantitative estimate of drug-likeness (QED) is 0.631. The number of piperidine rings is 1. The van der Waals surface area contributed by atoms with Gasteiger partial charge in [-0.2, -0.15) is 4.98 Å². The monoisotopic (exact) mass is 429 g/mol. The molecule has 0 unspecified atom stereocenters. The summed E-state index contributed by atoms with van der Waals surface area (Å²) in [6, 6.07) is 1.90. The van der Waals surface area contributed by atoms with Crippen LogP contribution in [0.5, 0.6) is 0 Å². The topological polar surface area (TPSA) is 121 Å². The van der Waals surface area contributed by atoms with Crippen molar-refractivity contribution >= 4 is 17.6 Å². The van der Waals surface area contributed by atoms with Crippen LogP contribution in [0.1, 0.15) is 31.7 Å². The summed E-state index contributed by atoms with van der Waals surface area (Å²) in [4.78, 5) is 31.2. The zero-order valence-corrected chi connectivity index (χ0v) is 17.5. The van der Waals surface area contributed by atoms with Crippen LogP contribution in [0.4, 0.5) is 14.9 Å². The maximum Gasteiger partial charge on any atom is 0.323 e. The third-order valence-corrected chi connectivity index (χ3v) is 6.79. The molecule has 0 saturated carbocycles. The molecule has 3 aliphatic rings. The van der Waals surface area contributed by atoms with Gasteiger partial charge in [-0.3, -0.25) is 10.1 Å². The van der Waals surface area contributed by atoms with Crippen molar-refractivity contribution in [2.24, 2.45) is 17.3 Å². The number of fused-ring (bicyclic) bond motifs is 4. The predicted molar refractivity (Wildman–Crippen MR) is 107 cm³/mol. The number of aliphatic hydroxyl groups is 1. The van der Waals surface area contributed by atoms with E-state index in [1.807, 2.05) is 11.8 Å². The van der Waals surface area contributed by atoms with E-state index >= 15 is 4.39 Å². The second-order valence-corrected chi connectivity index (χ2v) is 9.07. The SMILES string of the molecule is Cc1nc(-c2cc(F)c3c(c2)C[C@@]2(C(=O)NC(=O)N[C@@H]2O)[C@H]2[C@H](C)C[C@H](C)CN32)no1. The summed E-state index contributed by atoms with van der Waals surface area (Å²) in [7, 11) is 0. The molecule has 3 aliphatic heterocycles. The molecule has 4 heterocycles. The van der Waals surface area contributed by atoms with Crippen LogP contribution >= 0.6 is 0 Å². The predicted octanol–water partition coefficient (Wildman–Crippen LogP) is 1.74. The molecule has 3 N–H and O–H groups in total. The van der Waals surface area contributed by atoms with Crippen molar-refractivity contribution in [1.82, 2.24) is 20.8 Å². The van der Waals surface area contributed by atoms with Gasteiger partial charge < -0.3 is 19.8 Å². The molecule has 2 fully saturated rings. The molecule has 1 spiro atoms. The van der Waals surface area contributed by atoms with E-state index in [0.29, 0.717) is 29.2 Å². The van der Waals surface area contributed by atoms with Crippen molar-refractivity contribution in [2.75, 3.05) is 11.4 Å². The number of nitrogens with one attached hydrogen (secondary N) is 2. The first-order valence-electron chi connectivity index (χ1n) is 10.4. The highest BCUT2D eigenvalue weighted by atomic mass is 19.1. The van der Waals surface area contributed by atoms with Gasteiger partial charge in [0.15, 0.2) is 0 Å². The smallest absolute Gasteiger partial charge is 0.323 e. The van der Waals surface area contributed by atoms with E-state index in [1.54, 1.807) is 13.0 Å². The number of aryl methyl sites for hydroxylation is 1. The zero-order chi connectivity index (χ0) is 22.1. The largest absolute Gasteiger partial charge is 0.372 e. The third-order valence-electron chi connectivity index (χ3n) is 6.79. The van der Waals surface area contributed by atoms with E-state index in [9.17, 15) is 14.7 Å². The molecule has 10 heteroatoms. The second kappa shape index (κ2) is 6.74. The van der Waals surface area contributed by atoms with Gasteiger partial charge in [0, 0.05) is 19.0 Å². The molecule has 0 radical (unpaired) electrons. The number of hydrogen-bond acceptors (Lipinski definition) is 7. The third kappa shape index (κ3) is 2.84. The number of benzene rings is 1. The Kier molecular flexibility index (Phi) is 4.34. The number of halogens is 1. The summed E-state index contributed by atoms with van der Waals surface area (Å²) < 4.78 is 20.5. The summed E-state index contributed by atoms with van der Waals surface area (Å²) in [5.74, 6) is -0.124. The Morgan fingerprint density at radius 3 is 2.77 bits per heavy atom. The first kappa shape index (κ1) is 19.9. The molecular formula is C21H24FN5O4. The van der Waals surface area contributed by atoms with Gasteiger partial charge in [-0.1, -0.05) is 19.0 Å². The molecule has 0 aliphatic carbocycles. The fourth-order valence-electron chi connectivity index (χ4n) is 5.79. The molecule has 164 valence electrons. The van der Waals surface area contributed by atoms with Gasteiger partial charge in [-0.05, 0) is 42.4 Å². The first-order valence-corrected chi connectivity index (χ1v) is 10.4. The van der Waals surface area contributed by atoms with Crippen LogP contribution in [0, 0.1) is 30.0 Å². The molecule has 2 saturated heterocycles. The Morgan fingerprint density at radius 1 is 1.32 bits per heavy atom. The van der Waals surface area contributed by atoms with E-state index in [1.165, 1.54) is 6.07 Å². The Hall–Kier alpha value is -3.01. The van der Waals surface area contributed by atoms with Crippen molar-refractivity contribution in [1.29, 1.82) is 0 Å². The summed E-state index contributed by atoms with van der Waals surface area (Å²) >= 11 is 0. The van der Waals surface area contributed by atoms with Gasteiger partial charge in [0.1, 0.15) is 17.5 Å². The number of anilines is 1. The average Bonchev–Trinajstić information content (AvgIpc) is 3.11. The fraction of sp³-hybridized carbons (Fsp3) is 0.524. The molecule has 3 amide bonds. The normalized spacial score (nSPS) is 32.4. The van der Waals surface area contributed by atoms with Gasteiger partial charge in [0.2, 0.25) is 17.6 Å². The van der Waals surface area contributed by atoms with Gasteiger partial charge in [0.05, 0.1) is 11.7 Å². The van der Waals surface area contributed by atoms with Crippen LogP contribution in [0.25, 0.3) is 11.4 Å². The first-order chi connectivity index (χ1) is 14.7. The number of carbonyl (C=O) groups excluding carboxylic acids is 2. The molecule has 1 aromatic heterocycles. The molecule has 0 bridgehead atoms. The second-order valence-electron chi connectivity index (χ2n) is 9.07. The highest BCUT2D eigenvalue weighted by molar-refractivity contribution is 6.01. The highest BCUT2D eigenvalue weighted by Gasteiger charge is 2.62. The maximum absolute atomic E-state index is 15.5. The lowest BCUT2D eigenvalue weighted by molar-refractivity contribution is -0.147. The molecule has 5 atom stereocenters. The standard InChI is InChI=1S/C21H24FN5O4/c1-9-4-10(2)16-21(18(28)24-20(30)25-19(21)29)7-13-5-12(17-23-11(3)31-26-17)6-14(22)15(13)27(16)8-9/h5-6,9-10,16,18,28H,4,7-8H2,1-3H3,(H2,24,25,29,30)/t9-,10+,16+,18+,21+/m0/s1. The van der Waals surface area contributed by atoms with Crippen molar-refractivity contribution in [3.8, 4) is 11.4 Å². The summed E-state index contributed by atoms with van der Waals surface area (Å²) in [5, 5.41) is 19.6. The zero-order valence-electron chi connectivity index (χ0n) is 17.5. The van der Waals surface area contributed by atoms with Crippen LogP contribution in [0.3, 0.4) is 0 Å². The summed E-state index contributed by atoms with van der Waals surface area (Å²) in [6.45, 7) is 6.27. The van der Waals surface area contributed by atoms with Crippen LogP contribution in [0.15, 0.2) is 16.7 Å². The van der Waals surface area contributed by atoms with Crippen LogP contribution in [-0.4, -0.2) is 46.0 Å². The number of aliphatic hydroxyl groups excluding tert-OH is 1. The molecule has 2 aromatic rings. The van der Waals surface area contributed by atoms with Gasteiger partial charge in [-0.25, -0.2) is 9.18 Å². The van der Waals surface area contributed by atoms with E-state index in [0.717, 1.165) is 6.42 Å². The van der Waals surface area contributed by atoms with E-state index in [4.69, 9.17) is 4.52 Å². The lowest BCUT2D eigenvalue weighted by Gasteiger charge is -2.58. The lowest BCUT2D eigenvalue weighted by atomic mass is 9.62. The molecule has 5 rings (SSSR count). The number of aromatic nitrogens is 2. The van der Waals surface area contributed by atoms with E-state index in [-0.39, 0.29) is 24.1 Å². The molecule has 9 nitrogen and oxygen atoms in total. The number of nitrogens with zero attached hydrogens (tertiary/aromatic N) is 3. The fourth-order valence-corrected chi connectivity index (χ4v) is 5.79. The van der Waals surface area contributed by atoms with Gasteiger partial charge >= 0.3 is 6.03 Å². The Balaban J connectivity index is 1.71. The minimum atomic E-state index is -1.40. The van der Waals surface area contributed by atoms with Crippen LogP contribution in [-0.2, 0) is 11.2 Å². The summed E-state index contributed by atoms with van der Waals surface area (Å²) in [5.41, 5.74) is 0.0587. The van der Waals surface area contributed by atoms with Crippen molar-refractivity contribution in [3.63, 3.8) is 0 Å². The van der Waals surface area contributed by atoms with Crippen molar-refractivity contribution < 1.29 is 23.6 Å².